The topological polar surface area (TPSA) is 88.8 Å². The van der Waals surface area contributed by atoms with Gasteiger partial charge in [-0.1, -0.05) is 17.3 Å². The highest BCUT2D eigenvalue weighted by Gasteiger charge is 2.58. The first kappa shape index (κ1) is 18.5. The summed E-state index contributed by atoms with van der Waals surface area (Å²) in [5.74, 6) is 1.61. The summed E-state index contributed by atoms with van der Waals surface area (Å²) in [5, 5.41) is 3.90. The molecule has 2 amide bonds. The minimum absolute atomic E-state index is 0.0181. The van der Waals surface area contributed by atoms with Crippen LogP contribution in [0.15, 0.2) is 28.8 Å². The zero-order valence-corrected chi connectivity index (χ0v) is 16.3. The van der Waals surface area contributed by atoms with Gasteiger partial charge in [0.15, 0.2) is 5.82 Å². The second kappa shape index (κ2) is 6.92. The van der Waals surface area contributed by atoms with E-state index in [0.717, 1.165) is 0 Å². The highest BCUT2D eigenvalue weighted by molar-refractivity contribution is 5.97. The molecular formula is C20H24N4O4. The number of amides is 2. The predicted molar refractivity (Wildman–Crippen MR) is 100.0 cm³/mol. The van der Waals surface area contributed by atoms with Crippen molar-refractivity contribution >= 4 is 11.8 Å². The van der Waals surface area contributed by atoms with Crippen molar-refractivity contribution in [2.24, 2.45) is 5.41 Å². The minimum Gasteiger partial charge on any atom is -0.493 e. The molecular weight excluding hydrogens is 360 g/mol. The third kappa shape index (κ3) is 3.02. The van der Waals surface area contributed by atoms with Gasteiger partial charge in [-0.15, -0.1) is 0 Å². The SMILES string of the molecule is CCOc1ccccc1C(=O)N1CC2(CN(C(C)=O)CC2c2nc(C)no2)C1. The molecule has 0 aliphatic carbocycles. The Labute approximate surface area is 163 Å². The van der Waals surface area contributed by atoms with Crippen LogP contribution in [0.1, 0.15) is 41.8 Å². The van der Waals surface area contributed by atoms with Crippen molar-refractivity contribution in [1.29, 1.82) is 0 Å². The van der Waals surface area contributed by atoms with Gasteiger partial charge in [0.05, 0.1) is 18.1 Å². The number of aryl methyl sites for hydroxylation is 1. The molecule has 1 aromatic heterocycles. The van der Waals surface area contributed by atoms with Crippen molar-refractivity contribution in [2.75, 3.05) is 32.8 Å². The Kier molecular flexibility index (Phi) is 4.56. The first-order chi connectivity index (χ1) is 13.4. The number of para-hydroxylation sites is 1. The second-order valence-electron chi connectivity index (χ2n) is 7.58. The molecule has 28 heavy (non-hydrogen) atoms. The summed E-state index contributed by atoms with van der Waals surface area (Å²) in [4.78, 5) is 33.0. The molecule has 3 heterocycles. The molecule has 2 saturated heterocycles. The molecule has 2 aliphatic rings. The average molecular weight is 384 g/mol. The van der Waals surface area contributed by atoms with E-state index in [2.05, 4.69) is 10.1 Å². The standard InChI is InChI=1S/C20H24N4O4/c1-4-27-17-8-6-5-7-15(17)19(26)24-11-20(12-24)10-23(14(3)25)9-16(20)18-21-13(2)22-28-18/h5-8,16H,4,9-12H2,1-3H3. The van der Waals surface area contributed by atoms with Gasteiger partial charge in [-0.2, -0.15) is 4.98 Å². The summed E-state index contributed by atoms with van der Waals surface area (Å²) in [6, 6.07) is 7.29. The van der Waals surface area contributed by atoms with Crippen LogP contribution in [0, 0.1) is 12.3 Å². The Morgan fingerprint density at radius 3 is 2.61 bits per heavy atom. The minimum atomic E-state index is -0.249. The highest BCUT2D eigenvalue weighted by atomic mass is 16.5. The molecule has 0 radical (unpaired) electrons. The fraction of sp³-hybridized carbons (Fsp3) is 0.500. The molecule has 148 valence electrons. The maximum atomic E-state index is 13.0. The van der Waals surface area contributed by atoms with Gasteiger partial charge in [-0.3, -0.25) is 9.59 Å². The second-order valence-corrected chi connectivity index (χ2v) is 7.58. The lowest BCUT2D eigenvalue weighted by atomic mass is 9.71. The summed E-state index contributed by atoms with van der Waals surface area (Å²) >= 11 is 0. The molecule has 1 atom stereocenters. The van der Waals surface area contributed by atoms with Crippen LogP contribution in [0.25, 0.3) is 0 Å². The Bertz CT molecular complexity index is 903. The molecule has 4 rings (SSSR count). The molecule has 0 bridgehead atoms. The average Bonchev–Trinajstić information content (AvgIpc) is 3.24. The number of likely N-dealkylation sites (tertiary alicyclic amines) is 2. The van der Waals surface area contributed by atoms with Crippen LogP contribution in [-0.4, -0.2) is 64.5 Å². The van der Waals surface area contributed by atoms with Gasteiger partial charge < -0.3 is 19.1 Å². The van der Waals surface area contributed by atoms with Crippen molar-refractivity contribution in [3.05, 3.63) is 41.5 Å². The van der Waals surface area contributed by atoms with Gasteiger partial charge >= 0.3 is 0 Å². The molecule has 2 fully saturated rings. The molecule has 1 unspecified atom stereocenters. The Balaban J connectivity index is 1.55. The Morgan fingerprint density at radius 1 is 1.25 bits per heavy atom. The molecule has 2 aliphatic heterocycles. The number of carbonyl (C=O) groups excluding carboxylic acids is 2. The van der Waals surface area contributed by atoms with Crippen molar-refractivity contribution in [3.63, 3.8) is 0 Å². The smallest absolute Gasteiger partial charge is 0.257 e. The number of hydrogen-bond acceptors (Lipinski definition) is 6. The Morgan fingerprint density at radius 2 is 1.96 bits per heavy atom. The Hall–Kier alpha value is -2.90. The summed E-state index contributed by atoms with van der Waals surface area (Å²) in [6.07, 6.45) is 0. The van der Waals surface area contributed by atoms with Crippen molar-refractivity contribution in [3.8, 4) is 5.75 Å². The summed E-state index contributed by atoms with van der Waals surface area (Å²) in [5.41, 5.74) is 0.312. The zero-order valence-electron chi connectivity index (χ0n) is 16.3. The third-order valence-corrected chi connectivity index (χ3v) is 5.65. The van der Waals surface area contributed by atoms with E-state index < -0.39 is 0 Å². The fourth-order valence-electron chi connectivity index (χ4n) is 4.28. The predicted octanol–water partition coefficient (Wildman–Crippen LogP) is 1.86. The number of nitrogens with zero attached hydrogens (tertiary/aromatic N) is 4. The van der Waals surface area contributed by atoms with E-state index in [1.165, 1.54) is 0 Å². The van der Waals surface area contributed by atoms with E-state index in [1.54, 1.807) is 29.7 Å². The first-order valence-corrected chi connectivity index (χ1v) is 9.50. The third-order valence-electron chi connectivity index (χ3n) is 5.65. The van der Waals surface area contributed by atoms with Crippen molar-refractivity contribution < 1.29 is 18.8 Å². The maximum Gasteiger partial charge on any atom is 0.257 e. The van der Waals surface area contributed by atoms with Crippen molar-refractivity contribution in [2.45, 2.75) is 26.7 Å². The lowest BCUT2D eigenvalue weighted by Gasteiger charge is -2.50. The quantitative estimate of drug-likeness (QED) is 0.800. The molecule has 1 spiro atoms. The van der Waals surface area contributed by atoms with Crippen LogP contribution in [0.2, 0.25) is 0 Å². The number of rotatable bonds is 4. The van der Waals surface area contributed by atoms with Gasteiger partial charge in [0.2, 0.25) is 11.8 Å². The van der Waals surface area contributed by atoms with Gasteiger partial charge in [-0.25, -0.2) is 0 Å². The maximum absolute atomic E-state index is 13.0. The molecule has 0 saturated carbocycles. The number of benzene rings is 1. The number of ether oxygens (including phenoxy) is 1. The van der Waals surface area contributed by atoms with Crippen LogP contribution in [0.3, 0.4) is 0 Å². The van der Waals surface area contributed by atoms with Crippen LogP contribution in [-0.2, 0) is 4.79 Å². The summed E-state index contributed by atoms with van der Waals surface area (Å²) in [7, 11) is 0. The van der Waals surface area contributed by atoms with Gasteiger partial charge in [0.25, 0.3) is 5.91 Å². The lowest BCUT2D eigenvalue weighted by molar-refractivity contribution is -0.128. The fourth-order valence-corrected chi connectivity index (χ4v) is 4.28. The zero-order chi connectivity index (χ0) is 19.9. The normalized spacial score (nSPS) is 20.3. The first-order valence-electron chi connectivity index (χ1n) is 9.50. The van der Waals surface area contributed by atoms with Gasteiger partial charge in [-0.05, 0) is 26.0 Å². The van der Waals surface area contributed by atoms with Gasteiger partial charge in [0.1, 0.15) is 5.75 Å². The van der Waals surface area contributed by atoms with E-state index in [9.17, 15) is 9.59 Å². The van der Waals surface area contributed by atoms with Crippen LogP contribution in [0.4, 0.5) is 0 Å². The van der Waals surface area contributed by atoms with E-state index in [1.807, 2.05) is 25.1 Å². The van der Waals surface area contributed by atoms with Gasteiger partial charge in [0, 0.05) is 38.5 Å². The number of carbonyl (C=O) groups is 2. The number of hydrogen-bond donors (Lipinski definition) is 0. The molecule has 8 heteroatoms. The monoisotopic (exact) mass is 384 g/mol. The molecule has 2 aromatic rings. The molecule has 8 nitrogen and oxygen atoms in total. The van der Waals surface area contributed by atoms with Crippen LogP contribution >= 0.6 is 0 Å². The van der Waals surface area contributed by atoms with E-state index in [4.69, 9.17) is 9.26 Å². The van der Waals surface area contributed by atoms with Crippen LogP contribution < -0.4 is 4.74 Å². The van der Waals surface area contributed by atoms with Crippen LogP contribution in [0.5, 0.6) is 5.75 Å². The molecule has 1 aromatic carbocycles. The van der Waals surface area contributed by atoms with E-state index >= 15 is 0 Å². The molecule has 0 N–H and O–H groups in total. The van der Waals surface area contributed by atoms with E-state index in [-0.39, 0.29) is 23.1 Å². The number of aromatic nitrogens is 2. The highest BCUT2D eigenvalue weighted by Crippen LogP contribution is 2.49. The van der Waals surface area contributed by atoms with E-state index in [0.29, 0.717) is 55.8 Å². The van der Waals surface area contributed by atoms with Crippen molar-refractivity contribution in [1.82, 2.24) is 19.9 Å². The summed E-state index contributed by atoms with van der Waals surface area (Å²) < 4.78 is 11.0. The summed E-state index contributed by atoms with van der Waals surface area (Å²) in [6.45, 7) is 7.95. The lowest BCUT2D eigenvalue weighted by Crippen LogP contribution is -2.61. The largest absolute Gasteiger partial charge is 0.493 e.